The van der Waals surface area contributed by atoms with Gasteiger partial charge in [0.15, 0.2) is 0 Å². The van der Waals surface area contributed by atoms with E-state index < -0.39 is 6.04 Å². The number of hydrogen-bond donors (Lipinski definition) is 1. The molecule has 0 saturated heterocycles. The second kappa shape index (κ2) is 13.4. The Morgan fingerprint density at radius 3 is 2.19 bits per heavy atom. The number of carbonyl (C=O) groups excluding carboxylic acids is 2. The molecule has 0 aliphatic heterocycles. The fourth-order valence-corrected chi connectivity index (χ4v) is 3.17. The number of hydrogen-bond acceptors (Lipinski definition) is 6. The molecular weight excluding hydrogens is 394 g/mol. The normalized spacial score (nSPS) is 11.6. The van der Waals surface area contributed by atoms with E-state index in [1.807, 2.05) is 48.5 Å². The molecule has 0 bridgehead atoms. The van der Waals surface area contributed by atoms with Crippen LogP contribution in [0.4, 0.5) is 0 Å². The van der Waals surface area contributed by atoms with Crippen LogP contribution in [-0.2, 0) is 27.2 Å². The lowest BCUT2D eigenvalue weighted by molar-refractivity contribution is -0.143. The number of benzene rings is 2. The van der Waals surface area contributed by atoms with Crippen LogP contribution in [0.5, 0.6) is 11.5 Å². The largest absolute Gasteiger partial charge is 0.497 e. The van der Waals surface area contributed by atoms with Gasteiger partial charge < -0.3 is 19.9 Å². The SMILES string of the molecule is CCOC(=O)CCCOc1ccc(C[C@H](N)C(=O)CCCc2ccc(OC)cc2)cc1. The maximum Gasteiger partial charge on any atom is 0.305 e. The van der Waals surface area contributed by atoms with E-state index in [-0.39, 0.29) is 11.8 Å². The van der Waals surface area contributed by atoms with E-state index in [2.05, 4.69) is 0 Å². The zero-order chi connectivity index (χ0) is 22.5. The van der Waals surface area contributed by atoms with Gasteiger partial charge in [0.05, 0.1) is 26.4 Å². The summed E-state index contributed by atoms with van der Waals surface area (Å²) in [5, 5.41) is 0. The van der Waals surface area contributed by atoms with Crippen LogP contribution in [-0.4, -0.2) is 38.1 Å². The first-order valence-corrected chi connectivity index (χ1v) is 10.8. The van der Waals surface area contributed by atoms with Crippen LogP contribution >= 0.6 is 0 Å². The molecule has 0 aliphatic rings. The highest BCUT2D eigenvalue weighted by Gasteiger charge is 2.14. The zero-order valence-electron chi connectivity index (χ0n) is 18.5. The molecule has 0 heterocycles. The first-order chi connectivity index (χ1) is 15.0. The first-order valence-electron chi connectivity index (χ1n) is 10.8. The minimum Gasteiger partial charge on any atom is -0.497 e. The van der Waals surface area contributed by atoms with E-state index in [0.29, 0.717) is 38.9 Å². The molecule has 2 aromatic rings. The Balaban J connectivity index is 1.67. The number of ether oxygens (including phenoxy) is 3. The molecule has 0 radical (unpaired) electrons. The molecule has 0 spiro atoms. The number of nitrogens with two attached hydrogens (primary N) is 1. The molecule has 0 amide bonds. The van der Waals surface area contributed by atoms with Gasteiger partial charge in [-0.25, -0.2) is 0 Å². The predicted octanol–water partition coefficient (Wildman–Crippen LogP) is 3.88. The molecule has 1 atom stereocenters. The van der Waals surface area contributed by atoms with Gasteiger partial charge in [-0.2, -0.15) is 0 Å². The molecule has 6 nitrogen and oxygen atoms in total. The number of ketones is 1. The van der Waals surface area contributed by atoms with Crippen LogP contribution in [0.25, 0.3) is 0 Å². The Hall–Kier alpha value is -2.86. The number of aryl methyl sites for hydroxylation is 1. The lowest BCUT2D eigenvalue weighted by atomic mass is 9.98. The Labute approximate surface area is 184 Å². The summed E-state index contributed by atoms with van der Waals surface area (Å²) in [6.45, 7) is 2.64. The van der Waals surface area contributed by atoms with Gasteiger partial charge >= 0.3 is 5.97 Å². The third kappa shape index (κ3) is 9.22. The quantitative estimate of drug-likeness (QED) is 0.364. The highest BCUT2D eigenvalue weighted by molar-refractivity contribution is 5.84. The molecule has 0 unspecified atom stereocenters. The Morgan fingerprint density at radius 1 is 0.903 bits per heavy atom. The maximum absolute atomic E-state index is 12.4. The van der Waals surface area contributed by atoms with Gasteiger partial charge in [-0.3, -0.25) is 9.59 Å². The Kier molecular flexibility index (Phi) is 10.6. The zero-order valence-corrected chi connectivity index (χ0v) is 18.5. The van der Waals surface area contributed by atoms with Gasteiger partial charge in [0.1, 0.15) is 17.3 Å². The monoisotopic (exact) mass is 427 g/mol. The van der Waals surface area contributed by atoms with Crippen molar-refractivity contribution in [2.24, 2.45) is 5.73 Å². The summed E-state index contributed by atoms with van der Waals surface area (Å²) in [6.07, 6.45) is 3.54. The van der Waals surface area contributed by atoms with Gasteiger partial charge in [0, 0.05) is 12.8 Å². The van der Waals surface area contributed by atoms with Crippen molar-refractivity contribution in [3.63, 3.8) is 0 Å². The fourth-order valence-electron chi connectivity index (χ4n) is 3.17. The minimum atomic E-state index is -0.507. The third-order valence-corrected chi connectivity index (χ3v) is 4.94. The van der Waals surface area contributed by atoms with Gasteiger partial charge in [-0.1, -0.05) is 24.3 Å². The van der Waals surface area contributed by atoms with E-state index in [1.165, 1.54) is 5.56 Å². The number of rotatable bonds is 14. The summed E-state index contributed by atoms with van der Waals surface area (Å²) >= 11 is 0. The van der Waals surface area contributed by atoms with Crippen LogP contribution in [0.1, 0.15) is 43.7 Å². The lowest BCUT2D eigenvalue weighted by Crippen LogP contribution is -2.32. The van der Waals surface area contributed by atoms with Crippen LogP contribution in [0.3, 0.4) is 0 Å². The number of Topliss-reactive ketones (excluding diaryl/α,β-unsaturated/α-hetero) is 1. The second-order valence-electron chi connectivity index (χ2n) is 7.38. The van der Waals surface area contributed by atoms with Crippen LogP contribution in [0.2, 0.25) is 0 Å². The van der Waals surface area contributed by atoms with Crippen molar-refractivity contribution >= 4 is 11.8 Å². The van der Waals surface area contributed by atoms with E-state index in [4.69, 9.17) is 19.9 Å². The van der Waals surface area contributed by atoms with Crippen LogP contribution in [0, 0.1) is 0 Å². The molecule has 2 N–H and O–H groups in total. The minimum absolute atomic E-state index is 0.0767. The molecule has 0 aliphatic carbocycles. The molecule has 2 aromatic carbocycles. The number of carbonyl (C=O) groups is 2. The maximum atomic E-state index is 12.4. The Morgan fingerprint density at radius 2 is 1.55 bits per heavy atom. The molecule has 0 saturated carbocycles. The summed E-state index contributed by atoms with van der Waals surface area (Å²) in [6, 6.07) is 14.9. The van der Waals surface area contributed by atoms with Crippen LogP contribution in [0.15, 0.2) is 48.5 Å². The average Bonchev–Trinajstić information content (AvgIpc) is 2.78. The summed E-state index contributed by atoms with van der Waals surface area (Å²) in [5.41, 5.74) is 8.29. The Bertz CT molecular complexity index is 802. The van der Waals surface area contributed by atoms with Gasteiger partial charge in [0.2, 0.25) is 0 Å². The molecule has 31 heavy (non-hydrogen) atoms. The number of esters is 1. The van der Waals surface area contributed by atoms with Crippen molar-refractivity contribution in [1.82, 2.24) is 0 Å². The highest BCUT2D eigenvalue weighted by atomic mass is 16.5. The second-order valence-corrected chi connectivity index (χ2v) is 7.38. The van der Waals surface area contributed by atoms with E-state index in [9.17, 15) is 9.59 Å². The molecule has 0 fully saturated rings. The standard InChI is InChI=1S/C25H33NO5/c1-3-30-25(28)8-5-17-31-22-15-11-20(12-16-22)18-23(26)24(27)7-4-6-19-9-13-21(29-2)14-10-19/h9-16,23H,3-8,17-18,26H2,1-2H3/t23-/m0/s1. The summed E-state index contributed by atoms with van der Waals surface area (Å²) in [5.74, 6) is 1.43. The average molecular weight is 428 g/mol. The summed E-state index contributed by atoms with van der Waals surface area (Å²) in [7, 11) is 1.64. The third-order valence-electron chi connectivity index (χ3n) is 4.94. The van der Waals surface area contributed by atoms with Crippen molar-refractivity contribution in [3.8, 4) is 11.5 Å². The molecule has 6 heteroatoms. The van der Waals surface area contributed by atoms with Gasteiger partial charge in [-0.15, -0.1) is 0 Å². The first kappa shape index (κ1) is 24.4. The molecule has 168 valence electrons. The highest BCUT2D eigenvalue weighted by Crippen LogP contribution is 2.16. The van der Waals surface area contributed by atoms with Gasteiger partial charge in [-0.05, 0) is 68.0 Å². The summed E-state index contributed by atoms with van der Waals surface area (Å²) < 4.78 is 15.7. The van der Waals surface area contributed by atoms with Crippen molar-refractivity contribution in [2.45, 2.75) is 51.5 Å². The van der Waals surface area contributed by atoms with Crippen LogP contribution < -0.4 is 15.2 Å². The molecule has 2 rings (SSSR count). The molecular formula is C25H33NO5. The predicted molar refractivity (Wildman–Crippen MR) is 120 cm³/mol. The van der Waals surface area contributed by atoms with Crippen molar-refractivity contribution < 1.29 is 23.8 Å². The van der Waals surface area contributed by atoms with Gasteiger partial charge in [0.25, 0.3) is 0 Å². The van der Waals surface area contributed by atoms with E-state index in [1.54, 1.807) is 14.0 Å². The van der Waals surface area contributed by atoms with E-state index >= 15 is 0 Å². The summed E-state index contributed by atoms with van der Waals surface area (Å²) in [4.78, 5) is 23.7. The molecule has 0 aromatic heterocycles. The van der Waals surface area contributed by atoms with E-state index in [0.717, 1.165) is 29.9 Å². The topological polar surface area (TPSA) is 87.9 Å². The van der Waals surface area contributed by atoms with Crippen molar-refractivity contribution in [3.05, 3.63) is 59.7 Å². The van der Waals surface area contributed by atoms with Crippen molar-refractivity contribution in [2.75, 3.05) is 20.3 Å². The lowest BCUT2D eigenvalue weighted by Gasteiger charge is -2.12. The number of methoxy groups -OCH3 is 1. The smallest absolute Gasteiger partial charge is 0.305 e. The van der Waals surface area contributed by atoms with Crippen molar-refractivity contribution in [1.29, 1.82) is 0 Å². The fraction of sp³-hybridized carbons (Fsp3) is 0.440.